The maximum Gasteiger partial charge on any atom is 0.106 e. The fraction of sp³-hybridized carbons (Fsp3) is 0.467. The Kier molecular flexibility index (Phi) is 4.87. The predicted octanol–water partition coefficient (Wildman–Crippen LogP) is 4.92. The number of likely N-dealkylation sites (N-methyl/N-ethyl adjacent to an activating group) is 1. The normalized spacial score (nSPS) is 12.9. The van der Waals surface area contributed by atoms with E-state index in [1.807, 2.05) is 6.92 Å². The lowest BCUT2D eigenvalue weighted by Crippen LogP contribution is -2.23. The minimum Gasteiger partial charge on any atom is -0.466 e. The lowest BCUT2D eigenvalue weighted by molar-refractivity contribution is 0.485. The molecule has 0 aliphatic rings. The van der Waals surface area contributed by atoms with Gasteiger partial charge in [-0.25, -0.2) is 0 Å². The van der Waals surface area contributed by atoms with E-state index in [2.05, 4.69) is 53.5 Å². The van der Waals surface area contributed by atoms with E-state index in [9.17, 15) is 0 Å². The molecule has 0 spiro atoms. The molecule has 0 aliphatic carbocycles. The summed E-state index contributed by atoms with van der Waals surface area (Å²) in [4.78, 5) is 1.38. The van der Waals surface area contributed by atoms with Crippen molar-refractivity contribution < 1.29 is 4.42 Å². The van der Waals surface area contributed by atoms with E-state index in [-0.39, 0.29) is 0 Å². The Labute approximate surface area is 127 Å². The molecule has 0 fully saturated rings. The summed E-state index contributed by atoms with van der Waals surface area (Å²) < 4.78 is 6.98. The van der Waals surface area contributed by atoms with E-state index in [0.717, 1.165) is 24.5 Å². The average molecular weight is 342 g/mol. The van der Waals surface area contributed by atoms with Gasteiger partial charge in [0, 0.05) is 27.4 Å². The highest BCUT2D eigenvalue weighted by atomic mass is 79.9. The molecule has 2 heterocycles. The number of halogens is 1. The van der Waals surface area contributed by atoms with Crippen LogP contribution in [0.4, 0.5) is 0 Å². The summed E-state index contributed by atoms with van der Waals surface area (Å²) in [5.74, 6) is 2.06. The number of hydrogen-bond acceptors (Lipinski definition) is 3. The quantitative estimate of drug-likeness (QED) is 0.834. The van der Waals surface area contributed by atoms with Gasteiger partial charge < -0.3 is 9.73 Å². The second-order valence-electron chi connectivity index (χ2n) is 4.76. The number of nitrogens with one attached hydrogen (secondary N) is 1. The number of thiophene rings is 1. The van der Waals surface area contributed by atoms with Gasteiger partial charge >= 0.3 is 0 Å². The molecular formula is C15H20BrNOS. The second-order valence-corrected chi connectivity index (χ2v) is 6.61. The van der Waals surface area contributed by atoms with Crippen molar-refractivity contribution in [3.8, 4) is 0 Å². The van der Waals surface area contributed by atoms with Crippen LogP contribution in [0.5, 0.6) is 0 Å². The van der Waals surface area contributed by atoms with Crippen LogP contribution < -0.4 is 5.32 Å². The molecule has 1 atom stereocenters. The van der Waals surface area contributed by atoms with Crippen LogP contribution in [0, 0.1) is 20.8 Å². The molecule has 0 amide bonds. The number of aryl methyl sites for hydroxylation is 2. The lowest BCUT2D eigenvalue weighted by Gasteiger charge is -2.18. The maximum absolute atomic E-state index is 5.77. The van der Waals surface area contributed by atoms with Gasteiger partial charge in [0.15, 0.2) is 0 Å². The summed E-state index contributed by atoms with van der Waals surface area (Å²) in [6, 6.07) is 2.43. The molecular weight excluding hydrogens is 322 g/mol. The molecule has 4 heteroatoms. The molecule has 2 aromatic rings. The van der Waals surface area contributed by atoms with E-state index >= 15 is 0 Å². The number of rotatable bonds is 5. The molecule has 0 saturated carbocycles. The standard InChI is InChI=1S/C15H20BrNOS/c1-5-17-13(8-14-12(16)6-7-19-14)15-9(2)10(3)18-11(15)4/h6-7,13,17H,5,8H2,1-4H3. The molecule has 19 heavy (non-hydrogen) atoms. The summed E-state index contributed by atoms with van der Waals surface area (Å²) in [6.07, 6.45) is 0.993. The van der Waals surface area contributed by atoms with E-state index in [1.54, 1.807) is 11.3 Å². The van der Waals surface area contributed by atoms with Crippen molar-refractivity contribution in [1.29, 1.82) is 0 Å². The van der Waals surface area contributed by atoms with Crippen LogP contribution in [-0.4, -0.2) is 6.54 Å². The molecule has 0 aliphatic heterocycles. The van der Waals surface area contributed by atoms with Crippen LogP contribution >= 0.6 is 27.3 Å². The summed E-state index contributed by atoms with van der Waals surface area (Å²) in [5, 5.41) is 5.71. The molecule has 1 unspecified atom stereocenters. The highest BCUT2D eigenvalue weighted by Crippen LogP contribution is 2.33. The highest BCUT2D eigenvalue weighted by Gasteiger charge is 2.21. The van der Waals surface area contributed by atoms with Crippen LogP contribution in [0.15, 0.2) is 20.3 Å². The van der Waals surface area contributed by atoms with Crippen LogP contribution in [0.3, 0.4) is 0 Å². The van der Waals surface area contributed by atoms with Crippen molar-refractivity contribution in [3.05, 3.63) is 43.4 Å². The summed E-state index contributed by atoms with van der Waals surface area (Å²) in [5.41, 5.74) is 2.59. The van der Waals surface area contributed by atoms with Gasteiger partial charge in [0.05, 0.1) is 0 Å². The van der Waals surface area contributed by atoms with E-state index < -0.39 is 0 Å². The Bertz CT molecular complexity index is 558. The van der Waals surface area contributed by atoms with Gasteiger partial charge in [0.1, 0.15) is 11.5 Å². The third kappa shape index (κ3) is 3.12. The van der Waals surface area contributed by atoms with E-state index in [4.69, 9.17) is 4.42 Å². The van der Waals surface area contributed by atoms with Gasteiger partial charge in [0.25, 0.3) is 0 Å². The van der Waals surface area contributed by atoms with Crippen molar-refractivity contribution >= 4 is 27.3 Å². The Morgan fingerprint density at radius 2 is 2.05 bits per heavy atom. The maximum atomic E-state index is 5.77. The van der Waals surface area contributed by atoms with Crippen molar-refractivity contribution in [2.24, 2.45) is 0 Å². The summed E-state index contributed by atoms with van der Waals surface area (Å²) >= 11 is 5.42. The Hall–Kier alpha value is -0.580. The first-order chi connectivity index (χ1) is 9.04. The third-order valence-corrected chi connectivity index (χ3v) is 5.45. The molecule has 1 N–H and O–H groups in total. The zero-order valence-electron chi connectivity index (χ0n) is 11.8. The highest BCUT2D eigenvalue weighted by molar-refractivity contribution is 9.10. The number of furan rings is 1. The Morgan fingerprint density at radius 3 is 2.53 bits per heavy atom. The summed E-state index contributed by atoms with van der Waals surface area (Å²) in [7, 11) is 0. The molecule has 2 aromatic heterocycles. The fourth-order valence-electron chi connectivity index (χ4n) is 2.50. The van der Waals surface area contributed by atoms with Crippen molar-refractivity contribution in [1.82, 2.24) is 5.32 Å². The molecule has 0 saturated heterocycles. The first kappa shape index (κ1) is 14.8. The first-order valence-corrected chi connectivity index (χ1v) is 8.23. The molecule has 104 valence electrons. The molecule has 2 rings (SSSR count). The van der Waals surface area contributed by atoms with Crippen molar-refractivity contribution in [2.45, 2.75) is 40.2 Å². The van der Waals surface area contributed by atoms with Crippen LogP contribution in [0.2, 0.25) is 0 Å². The van der Waals surface area contributed by atoms with Crippen LogP contribution in [-0.2, 0) is 6.42 Å². The minimum atomic E-state index is 0.317. The second kappa shape index (κ2) is 6.25. The Morgan fingerprint density at radius 1 is 1.32 bits per heavy atom. The fourth-order valence-corrected chi connectivity index (χ4v) is 4.06. The average Bonchev–Trinajstić information content (AvgIpc) is 2.85. The van der Waals surface area contributed by atoms with Gasteiger partial charge in [-0.3, -0.25) is 0 Å². The van der Waals surface area contributed by atoms with E-state index in [0.29, 0.717) is 6.04 Å². The summed E-state index contributed by atoms with van der Waals surface area (Å²) in [6.45, 7) is 9.35. The Balaban J connectivity index is 2.32. The SMILES string of the molecule is CCNC(Cc1sccc1Br)c1c(C)oc(C)c1C. The monoisotopic (exact) mass is 341 g/mol. The topological polar surface area (TPSA) is 25.2 Å². The lowest BCUT2D eigenvalue weighted by atomic mass is 9.98. The molecule has 0 radical (unpaired) electrons. The first-order valence-electron chi connectivity index (χ1n) is 6.56. The van der Waals surface area contributed by atoms with Gasteiger partial charge in [-0.15, -0.1) is 11.3 Å². The third-order valence-electron chi connectivity index (χ3n) is 3.50. The van der Waals surface area contributed by atoms with E-state index in [1.165, 1.54) is 20.5 Å². The largest absolute Gasteiger partial charge is 0.466 e. The van der Waals surface area contributed by atoms with Crippen molar-refractivity contribution in [3.63, 3.8) is 0 Å². The minimum absolute atomic E-state index is 0.317. The van der Waals surface area contributed by atoms with Crippen molar-refractivity contribution in [2.75, 3.05) is 6.54 Å². The predicted molar refractivity (Wildman–Crippen MR) is 85.1 cm³/mol. The molecule has 0 bridgehead atoms. The zero-order valence-corrected chi connectivity index (χ0v) is 14.2. The zero-order chi connectivity index (χ0) is 14.0. The van der Waals surface area contributed by atoms with Gasteiger partial charge in [-0.1, -0.05) is 6.92 Å². The molecule has 0 aromatic carbocycles. The number of hydrogen-bond donors (Lipinski definition) is 1. The molecule has 2 nitrogen and oxygen atoms in total. The van der Waals surface area contributed by atoms with Crippen LogP contribution in [0.25, 0.3) is 0 Å². The van der Waals surface area contributed by atoms with Gasteiger partial charge in [0.2, 0.25) is 0 Å². The smallest absolute Gasteiger partial charge is 0.106 e. The van der Waals surface area contributed by atoms with Gasteiger partial charge in [-0.2, -0.15) is 0 Å². The van der Waals surface area contributed by atoms with Gasteiger partial charge in [-0.05, 0) is 60.3 Å². The van der Waals surface area contributed by atoms with Crippen LogP contribution in [0.1, 0.15) is 40.5 Å².